The molecule has 20 nitrogen and oxygen atoms in total. The van der Waals surface area contributed by atoms with E-state index in [0.29, 0.717) is 41.7 Å². The lowest BCUT2D eigenvalue weighted by atomic mass is 9.85. The van der Waals surface area contributed by atoms with E-state index < -0.39 is 41.0 Å². The number of piperazine rings is 1. The monoisotopic (exact) mass is 1060 g/mol. The third-order valence-corrected chi connectivity index (χ3v) is 14.5. The Labute approximate surface area is 446 Å². The molecule has 4 aromatic heterocycles. The number of aromatic nitrogens is 6. The van der Waals surface area contributed by atoms with Gasteiger partial charge in [-0.25, -0.2) is 24.3 Å². The Morgan fingerprint density at radius 3 is 2.36 bits per heavy atom. The minimum absolute atomic E-state index is 0.0128. The minimum Gasteiger partial charge on any atom is -0.391 e. The second kappa shape index (κ2) is 24.4. The van der Waals surface area contributed by atoms with Gasteiger partial charge in [-0.15, -0.1) is 17.9 Å². The van der Waals surface area contributed by atoms with Crippen LogP contribution in [0.15, 0.2) is 95.9 Å². The van der Waals surface area contributed by atoms with Crippen LogP contribution in [0.1, 0.15) is 64.4 Å². The molecule has 0 unspecified atom stereocenters. The lowest BCUT2D eigenvalue weighted by Crippen LogP contribution is -2.58. The lowest BCUT2D eigenvalue weighted by molar-refractivity contribution is -0.144. The zero-order chi connectivity index (χ0) is 54.1. The highest BCUT2D eigenvalue weighted by Crippen LogP contribution is 2.29. The number of likely N-dealkylation sites (tertiary alicyclic amines) is 1. The van der Waals surface area contributed by atoms with Gasteiger partial charge in [0.05, 0.1) is 47.6 Å². The van der Waals surface area contributed by atoms with Gasteiger partial charge in [0.25, 0.3) is 5.56 Å². The van der Waals surface area contributed by atoms with Crippen molar-refractivity contribution in [2.45, 2.75) is 91.3 Å². The zero-order valence-electron chi connectivity index (χ0n) is 44.2. The Hall–Kier alpha value is -6.88. The Bertz CT molecular complexity index is 3030. The first-order chi connectivity index (χ1) is 36.4. The summed E-state index contributed by atoms with van der Waals surface area (Å²) in [5.41, 5.74) is 5.27. The summed E-state index contributed by atoms with van der Waals surface area (Å²) in [6.45, 7) is 20.3. The number of carbonyl (C=O) groups is 3. The fraction of sp³-hybridized carbons (Fsp3) is 0.455. The number of β-amino-alcohol motifs (C(OH)–C–C–N with tert-alkyl or cyclic N) is 1. The molecule has 2 aliphatic rings. The van der Waals surface area contributed by atoms with E-state index in [4.69, 9.17) is 14.5 Å². The van der Waals surface area contributed by atoms with Gasteiger partial charge in [-0.1, -0.05) is 57.2 Å². The number of thiazole rings is 1. The van der Waals surface area contributed by atoms with Crippen molar-refractivity contribution in [3.63, 3.8) is 0 Å². The summed E-state index contributed by atoms with van der Waals surface area (Å²) in [6.07, 6.45) is 3.21. The van der Waals surface area contributed by atoms with Gasteiger partial charge in [-0.3, -0.25) is 24.1 Å². The van der Waals surface area contributed by atoms with Gasteiger partial charge >= 0.3 is 0 Å². The average Bonchev–Trinajstić information content (AvgIpc) is 4.18. The quantitative estimate of drug-likeness (QED) is 0.0449. The van der Waals surface area contributed by atoms with Gasteiger partial charge in [0, 0.05) is 76.4 Å². The van der Waals surface area contributed by atoms with Gasteiger partial charge in [-0.05, 0) is 80.1 Å². The van der Waals surface area contributed by atoms with Crippen molar-refractivity contribution in [3.05, 3.63) is 118 Å². The molecule has 0 aliphatic carbocycles. The first kappa shape index (κ1) is 55.4. The molecule has 0 bridgehead atoms. The molecule has 0 saturated carbocycles. The molecular formula is C55H70N12O8S. The molecule has 2 fully saturated rings. The van der Waals surface area contributed by atoms with Crippen LogP contribution in [0.25, 0.3) is 27.3 Å². The van der Waals surface area contributed by atoms with Crippen molar-refractivity contribution in [3.8, 4) is 16.3 Å². The lowest BCUT2D eigenvalue weighted by Gasteiger charge is -2.36. The van der Waals surface area contributed by atoms with Gasteiger partial charge in [0.15, 0.2) is 11.5 Å². The summed E-state index contributed by atoms with van der Waals surface area (Å²) < 4.78 is 14.6. The van der Waals surface area contributed by atoms with Crippen LogP contribution >= 0.6 is 11.3 Å². The fourth-order valence-corrected chi connectivity index (χ4v) is 10.2. The number of carbonyl (C=O) groups excluding carboxylic acids is 3. The molecule has 2 aliphatic heterocycles. The zero-order valence-corrected chi connectivity index (χ0v) is 45.0. The van der Waals surface area contributed by atoms with Crippen LogP contribution in [0.3, 0.4) is 0 Å². The number of aliphatic hydroxyl groups is 2. The van der Waals surface area contributed by atoms with Crippen LogP contribution in [0, 0.1) is 12.3 Å². The Morgan fingerprint density at radius 1 is 0.934 bits per heavy atom. The number of ether oxygens (including phenoxy) is 2. The maximum Gasteiger partial charge on any atom is 0.278 e. The number of rotatable bonds is 22. The molecule has 21 heteroatoms. The number of nitrogens with one attached hydrogen (secondary N) is 3. The molecule has 0 spiro atoms. The predicted molar refractivity (Wildman–Crippen MR) is 293 cm³/mol. The highest BCUT2D eigenvalue weighted by Gasteiger charge is 2.44. The smallest absolute Gasteiger partial charge is 0.278 e. The number of benzene rings is 2. The van der Waals surface area contributed by atoms with E-state index >= 15 is 0 Å². The molecule has 0 radical (unpaired) electrons. The van der Waals surface area contributed by atoms with Crippen LogP contribution in [0.5, 0.6) is 0 Å². The molecule has 5 N–H and O–H groups in total. The fourth-order valence-electron chi connectivity index (χ4n) is 9.36. The number of hydrogen-bond donors (Lipinski definition) is 5. The normalized spacial score (nSPS) is 16.7. The topological polar surface area (TPSA) is 234 Å². The van der Waals surface area contributed by atoms with E-state index in [9.17, 15) is 29.4 Å². The van der Waals surface area contributed by atoms with Gasteiger partial charge in [0.2, 0.25) is 23.7 Å². The predicted octanol–water partition coefficient (Wildman–Crippen LogP) is 4.92. The largest absolute Gasteiger partial charge is 0.391 e. The number of aryl methyl sites for hydroxylation is 1. The van der Waals surface area contributed by atoms with Crippen LogP contribution in [-0.2, 0) is 42.5 Å². The second-order valence-corrected chi connectivity index (χ2v) is 21.7. The van der Waals surface area contributed by atoms with E-state index in [-0.39, 0.29) is 50.7 Å². The molecule has 8 rings (SSSR count). The number of nitrogens with zero attached hydrogens (tertiary/aromatic N) is 9. The highest BCUT2D eigenvalue weighted by molar-refractivity contribution is 7.13. The first-order valence-electron chi connectivity index (χ1n) is 25.7. The highest BCUT2D eigenvalue weighted by atomic mass is 32.1. The summed E-state index contributed by atoms with van der Waals surface area (Å²) in [7, 11) is 0. The molecular weight excluding hydrogens is 989 g/mol. The SMILES string of the molecule is C=CCn1c(=O)c2cnc(Nc3ccc(N4CCN(CCCOCCOCC(=O)N[C@H](C(=O)N5C[C@H](O)C[C@H]5C(=O)NCc5ccc(-c6scnc6C)cc5)C(C)(C)C)CC4)cc3)nc2n1-c1cccc(C(C)(C)O)n1. The standard InChI is InChI=1S/C55H70N12O8S/c1-8-21-66-51(71)42-32-57-53(62-49(42)67(66)45-12-9-11-44(60-45)55(6,7)73)59-39-17-19-40(20-18-39)64-25-23-63(24-26-64)22-10-27-74-28-29-75-34-46(69)61-48(54(3,4)5)52(72)65-33-41(68)30-43(65)50(70)56-31-37-13-15-38(16-14-37)47-36(2)58-35-76-47/h8-9,11-20,32,35,41,43,48,68,73H,1,10,21-31,33-34H2,2-7H3,(H,56,70)(H,61,69)(H,57,59,62)/t41-,43+,48-/m1/s1. The van der Waals surface area contributed by atoms with Crippen molar-refractivity contribution in [2.24, 2.45) is 5.41 Å². The van der Waals surface area contributed by atoms with Gasteiger partial charge in [0.1, 0.15) is 29.7 Å². The van der Waals surface area contributed by atoms with Gasteiger partial charge in [-0.2, -0.15) is 4.98 Å². The number of aliphatic hydroxyl groups excluding tert-OH is 1. The summed E-state index contributed by atoms with van der Waals surface area (Å²) in [6, 6.07) is 19.4. The molecule has 3 amide bonds. The second-order valence-electron chi connectivity index (χ2n) is 20.8. The molecule has 2 saturated heterocycles. The maximum absolute atomic E-state index is 14.0. The molecule has 3 atom stereocenters. The molecule has 2 aromatic carbocycles. The Morgan fingerprint density at radius 2 is 1.67 bits per heavy atom. The number of hydrogen-bond acceptors (Lipinski definition) is 16. The van der Waals surface area contributed by atoms with Crippen LogP contribution < -0.4 is 26.4 Å². The number of amides is 3. The van der Waals surface area contributed by atoms with Crippen LogP contribution in [0.2, 0.25) is 0 Å². The van der Waals surface area contributed by atoms with Gasteiger partial charge < -0.3 is 45.4 Å². The number of pyridine rings is 1. The third-order valence-electron chi connectivity index (χ3n) is 13.5. The van der Waals surface area contributed by atoms with E-state index in [1.807, 2.05) is 69.6 Å². The summed E-state index contributed by atoms with van der Waals surface area (Å²) in [5.74, 6) is -0.521. The van der Waals surface area contributed by atoms with E-state index in [1.165, 1.54) is 15.8 Å². The summed E-state index contributed by atoms with van der Waals surface area (Å²) >= 11 is 1.57. The third kappa shape index (κ3) is 13.6. The van der Waals surface area contributed by atoms with Crippen LogP contribution in [-0.4, -0.2) is 151 Å². The van der Waals surface area contributed by atoms with Crippen molar-refractivity contribution in [1.29, 1.82) is 0 Å². The average molecular weight is 1060 g/mol. The van der Waals surface area contributed by atoms with Crippen molar-refractivity contribution < 1.29 is 34.1 Å². The molecule has 6 aromatic rings. The van der Waals surface area contributed by atoms with E-state index in [0.717, 1.165) is 72.2 Å². The molecule has 6 heterocycles. The number of allylic oxidation sites excluding steroid dienone is 1. The van der Waals surface area contributed by atoms with Crippen LogP contribution in [0.4, 0.5) is 17.3 Å². The molecule has 76 heavy (non-hydrogen) atoms. The van der Waals surface area contributed by atoms with E-state index in [1.54, 1.807) is 54.1 Å². The molecule has 404 valence electrons. The first-order valence-corrected chi connectivity index (χ1v) is 26.6. The number of anilines is 3. The van der Waals surface area contributed by atoms with Crippen molar-refractivity contribution in [2.75, 3.05) is 75.9 Å². The summed E-state index contributed by atoms with van der Waals surface area (Å²) in [5, 5.41) is 30.6. The maximum atomic E-state index is 14.0. The van der Waals surface area contributed by atoms with Crippen molar-refractivity contribution in [1.82, 2.24) is 49.7 Å². The minimum atomic E-state index is -1.19. The van der Waals surface area contributed by atoms with E-state index in [2.05, 4.69) is 59.4 Å². The Kier molecular flexibility index (Phi) is 17.8. The number of fused-ring (bicyclic) bond motifs is 1. The van der Waals surface area contributed by atoms with Crippen molar-refractivity contribution >= 4 is 57.4 Å². The Balaban J connectivity index is 0.726. The summed E-state index contributed by atoms with van der Waals surface area (Å²) in [4.78, 5) is 79.4.